The Balaban J connectivity index is 0.803. The van der Waals surface area contributed by atoms with E-state index in [0.29, 0.717) is 0 Å². The number of benzene rings is 16. The Hall–Kier alpha value is -12.3. The average molecular weight is 1190 g/mol. The Morgan fingerprint density at radius 2 is 0.495 bits per heavy atom. The van der Waals surface area contributed by atoms with Gasteiger partial charge in [0.2, 0.25) is 0 Å². The van der Waals surface area contributed by atoms with Gasteiger partial charge in [-0.15, -0.1) is 0 Å². The summed E-state index contributed by atoms with van der Waals surface area (Å²) in [5.74, 6) is 0. The molecule has 0 amide bonds. The van der Waals surface area contributed by atoms with Crippen molar-refractivity contribution in [1.29, 1.82) is 0 Å². The van der Waals surface area contributed by atoms with Gasteiger partial charge in [0, 0.05) is 55.8 Å². The van der Waals surface area contributed by atoms with Crippen molar-refractivity contribution in [2.24, 2.45) is 0 Å². The van der Waals surface area contributed by atoms with Crippen LogP contribution in [0.15, 0.2) is 368 Å². The molecule has 17 aromatic rings. The molecule has 0 aliphatic rings. The molecule has 0 radical (unpaired) electrons. The second kappa shape index (κ2) is 23.6. The highest BCUT2D eigenvalue weighted by Crippen LogP contribution is 2.49. The maximum absolute atomic E-state index is 6.96. The summed E-state index contributed by atoms with van der Waals surface area (Å²) in [5, 5.41) is 9.55. The first-order valence-electron chi connectivity index (χ1n) is 31.9. The lowest BCUT2D eigenvalue weighted by Gasteiger charge is -2.31. The third-order valence-corrected chi connectivity index (χ3v) is 18.5. The van der Waals surface area contributed by atoms with Crippen LogP contribution in [0.25, 0.3) is 132 Å². The zero-order valence-corrected chi connectivity index (χ0v) is 50.9. The molecule has 0 spiro atoms. The normalized spacial score (nSPS) is 11.4. The molecular weight excluding hydrogens is 1130 g/mol. The third-order valence-electron chi connectivity index (χ3n) is 18.5. The van der Waals surface area contributed by atoms with Crippen LogP contribution in [0, 0.1) is 0 Å². The molecule has 3 nitrogen and oxygen atoms in total. The van der Waals surface area contributed by atoms with Gasteiger partial charge in [-0.2, -0.15) is 0 Å². The van der Waals surface area contributed by atoms with Gasteiger partial charge in [-0.25, -0.2) is 0 Å². The van der Waals surface area contributed by atoms with E-state index >= 15 is 0 Å². The molecule has 436 valence electrons. The van der Waals surface area contributed by atoms with Gasteiger partial charge in [0.25, 0.3) is 0 Å². The van der Waals surface area contributed by atoms with Crippen molar-refractivity contribution < 1.29 is 4.42 Å². The number of para-hydroxylation sites is 4. The summed E-state index contributed by atoms with van der Waals surface area (Å²) in [6.45, 7) is 0. The largest absolute Gasteiger partial charge is 0.455 e. The first-order chi connectivity index (χ1) is 46.1. The zero-order chi connectivity index (χ0) is 61.6. The van der Waals surface area contributed by atoms with E-state index in [9.17, 15) is 0 Å². The van der Waals surface area contributed by atoms with Gasteiger partial charge in [-0.3, -0.25) is 0 Å². The predicted octanol–water partition coefficient (Wildman–Crippen LogP) is 25.7. The minimum Gasteiger partial charge on any atom is -0.455 e. The van der Waals surface area contributed by atoms with E-state index in [1.165, 1.54) is 60.1 Å². The highest BCUT2D eigenvalue weighted by molar-refractivity contribution is 6.13. The first kappa shape index (κ1) is 54.8. The number of nitrogens with zero attached hydrogens (tertiary/aromatic N) is 2. The Labute approximate surface area is 541 Å². The number of anilines is 6. The van der Waals surface area contributed by atoms with E-state index in [2.05, 4.69) is 374 Å². The molecular formula is C90H60N2O. The highest BCUT2D eigenvalue weighted by atomic mass is 16.3. The molecule has 3 heteroatoms. The summed E-state index contributed by atoms with van der Waals surface area (Å²) >= 11 is 0. The minimum absolute atomic E-state index is 0.875. The lowest BCUT2D eigenvalue weighted by atomic mass is 9.92. The molecule has 0 aliphatic carbocycles. The fourth-order valence-corrected chi connectivity index (χ4v) is 14.0. The van der Waals surface area contributed by atoms with Gasteiger partial charge in [0.1, 0.15) is 11.2 Å². The molecule has 0 atom stereocenters. The SMILES string of the molecule is c1ccc(-c2ccc(-c3ccc(N(c4ccc(-c5cccc6ccccc56)cc4)c4ccccc4-c4ccccc4N(c4ccc(-c5ccc6ccccc6c5)cc4)c4ccc(-c5cccc6c5oc5c(-c7ccccc7)cccc56)cc4)cc3)c3ccccc23)cc1. The fraction of sp³-hybridized carbons (Fsp3) is 0. The van der Waals surface area contributed by atoms with Gasteiger partial charge in [0.15, 0.2) is 0 Å². The number of hydrogen-bond acceptors (Lipinski definition) is 3. The minimum atomic E-state index is 0.875. The van der Waals surface area contributed by atoms with Crippen LogP contribution in [0.1, 0.15) is 0 Å². The van der Waals surface area contributed by atoms with Crippen LogP contribution < -0.4 is 9.80 Å². The lowest BCUT2D eigenvalue weighted by Crippen LogP contribution is -2.13. The van der Waals surface area contributed by atoms with Crippen LogP contribution in [0.2, 0.25) is 0 Å². The summed E-state index contributed by atoms with van der Waals surface area (Å²) < 4.78 is 6.96. The molecule has 1 aromatic heterocycles. The van der Waals surface area contributed by atoms with E-state index < -0.39 is 0 Å². The summed E-state index contributed by atoms with van der Waals surface area (Å²) in [4.78, 5) is 4.85. The molecule has 0 saturated heterocycles. The van der Waals surface area contributed by atoms with Crippen LogP contribution in [0.4, 0.5) is 34.1 Å². The molecule has 93 heavy (non-hydrogen) atoms. The van der Waals surface area contributed by atoms with Crippen molar-refractivity contribution in [1.82, 2.24) is 0 Å². The highest BCUT2D eigenvalue weighted by Gasteiger charge is 2.24. The summed E-state index contributed by atoms with van der Waals surface area (Å²) in [7, 11) is 0. The van der Waals surface area contributed by atoms with Crippen molar-refractivity contribution in [3.05, 3.63) is 364 Å². The van der Waals surface area contributed by atoms with E-state index in [4.69, 9.17) is 4.42 Å². The number of hydrogen-bond donors (Lipinski definition) is 0. The third kappa shape index (κ3) is 10.1. The molecule has 0 aliphatic heterocycles. The Bertz CT molecular complexity index is 5590. The molecule has 16 aromatic carbocycles. The molecule has 17 rings (SSSR count). The van der Waals surface area contributed by atoms with Crippen molar-refractivity contribution in [3.8, 4) is 77.9 Å². The molecule has 0 fully saturated rings. The molecule has 0 unspecified atom stereocenters. The van der Waals surface area contributed by atoms with E-state index in [1.807, 2.05) is 0 Å². The van der Waals surface area contributed by atoms with Gasteiger partial charge >= 0.3 is 0 Å². The molecule has 0 saturated carbocycles. The van der Waals surface area contributed by atoms with Crippen molar-refractivity contribution in [3.63, 3.8) is 0 Å². The predicted molar refractivity (Wildman–Crippen MR) is 394 cm³/mol. The van der Waals surface area contributed by atoms with Gasteiger partial charge in [-0.1, -0.05) is 297 Å². The van der Waals surface area contributed by atoms with E-state index in [1.54, 1.807) is 0 Å². The maximum Gasteiger partial charge on any atom is 0.143 e. The summed E-state index contributed by atoms with van der Waals surface area (Å²) in [5.41, 5.74) is 24.0. The van der Waals surface area contributed by atoms with Crippen LogP contribution in [0.3, 0.4) is 0 Å². The van der Waals surface area contributed by atoms with E-state index in [-0.39, 0.29) is 0 Å². The molecule has 0 bridgehead atoms. The van der Waals surface area contributed by atoms with Crippen LogP contribution >= 0.6 is 0 Å². The standard InChI is InChI=1S/C90H60N2O/c1-3-21-63(22-4-1)77-58-59-78(82-30-12-11-29-81(77)82)67-46-54-73(55-47-67)92(72-52-44-66(45-53-72)76-33-17-27-64-25-9-10-28-75(64)76)88-39-16-14-32-84(88)83-31-13-15-38-87(83)91(71-50-42-62(43-51-71)70-41-40-61-20-7-8-26-69(61)60-70)74-56-48-68(49-57-74)80-35-19-37-86-85-36-18-34-79(89(85)93-90(80)86)65-23-5-2-6-24-65/h1-60H. The van der Waals surface area contributed by atoms with Crippen LogP contribution in [0.5, 0.6) is 0 Å². The monoisotopic (exact) mass is 1180 g/mol. The average Bonchev–Trinajstić information content (AvgIpc) is 1.19. The smallest absolute Gasteiger partial charge is 0.143 e. The van der Waals surface area contributed by atoms with E-state index in [0.717, 1.165) is 106 Å². The second-order valence-corrected chi connectivity index (χ2v) is 23.9. The summed E-state index contributed by atoms with van der Waals surface area (Å²) in [6.07, 6.45) is 0. The topological polar surface area (TPSA) is 19.6 Å². The molecule has 1 heterocycles. The van der Waals surface area contributed by atoms with Crippen LogP contribution in [-0.4, -0.2) is 0 Å². The first-order valence-corrected chi connectivity index (χ1v) is 31.9. The number of fused-ring (bicyclic) bond motifs is 6. The lowest BCUT2D eigenvalue weighted by molar-refractivity contribution is 0.671. The fourth-order valence-electron chi connectivity index (χ4n) is 14.0. The molecule has 0 N–H and O–H groups in total. The second-order valence-electron chi connectivity index (χ2n) is 23.9. The Morgan fingerprint density at radius 3 is 1.01 bits per heavy atom. The van der Waals surface area contributed by atoms with Gasteiger partial charge in [-0.05, 0) is 155 Å². The Morgan fingerprint density at radius 1 is 0.172 bits per heavy atom. The van der Waals surface area contributed by atoms with Crippen molar-refractivity contribution in [2.45, 2.75) is 0 Å². The van der Waals surface area contributed by atoms with Crippen molar-refractivity contribution >= 4 is 88.4 Å². The van der Waals surface area contributed by atoms with Gasteiger partial charge < -0.3 is 14.2 Å². The van der Waals surface area contributed by atoms with Gasteiger partial charge in [0.05, 0.1) is 11.4 Å². The summed E-state index contributed by atoms with van der Waals surface area (Å²) in [6, 6.07) is 132. The zero-order valence-electron chi connectivity index (χ0n) is 50.9. The Kier molecular flexibility index (Phi) is 13.9. The van der Waals surface area contributed by atoms with Crippen LogP contribution in [-0.2, 0) is 0 Å². The number of rotatable bonds is 13. The van der Waals surface area contributed by atoms with Crippen molar-refractivity contribution in [2.75, 3.05) is 9.80 Å². The maximum atomic E-state index is 6.96. The quantitative estimate of drug-likeness (QED) is 0.115. The number of furan rings is 1.